The smallest absolute Gasteiger partial charge is 0.287 e. The van der Waals surface area contributed by atoms with Gasteiger partial charge in [0.1, 0.15) is 12.5 Å². The van der Waals surface area contributed by atoms with E-state index in [-0.39, 0.29) is 29.3 Å². The highest BCUT2D eigenvalue weighted by Crippen LogP contribution is 2.59. The van der Waals surface area contributed by atoms with Crippen molar-refractivity contribution < 1.29 is 14.0 Å². The van der Waals surface area contributed by atoms with Crippen LogP contribution in [0, 0.1) is 17.3 Å². The number of likely N-dealkylation sites (tertiary alicyclic amines) is 1. The SMILES string of the molecule is O=C(NCC1CC12CCN(C(=O)C1CNNC1n1cnnn1)CC2)c1cc2ccncc2o1. The van der Waals surface area contributed by atoms with Gasteiger partial charge in [-0.3, -0.25) is 20.0 Å². The Hall–Kier alpha value is -3.38. The van der Waals surface area contributed by atoms with Gasteiger partial charge in [-0.05, 0) is 53.2 Å². The van der Waals surface area contributed by atoms with E-state index in [2.05, 4.69) is 36.7 Å². The first-order chi connectivity index (χ1) is 16.1. The zero-order valence-corrected chi connectivity index (χ0v) is 18.0. The summed E-state index contributed by atoms with van der Waals surface area (Å²) >= 11 is 0. The van der Waals surface area contributed by atoms with Crippen molar-refractivity contribution in [2.45, 2.75) is 25.4 Å². The summed E-state index contributed by atoms with van der Waals surface area (Å²) in [6.07, 6.45) is 7.51. The fourth-order valence-electron chi connectivity index (χ4n) is 5.29. The molecule has 3 atom stereocenters. The van der Waals surface area contributed by atoms with Gasteiger partial charge in [0.15, 0.2) is 11.3 Å². The molecule has 33 heavy (non-hydrogen) atoms. The first-order valence-electron chi connectivity index (χ1n) is 11.2. The monoisotopic (exact) mass is 451 g/mol. The molecular weight excluding hydrogens is 426 g/mol. The lowest BCUT2D eigenvalue weighted by Crippen LogP contribution is -2.45. The zero-order valence-electron chi connectivity index (χ0n) is 18.0. The number of nitrogens with one attached hydrogen (secondary N) is 3. The van der Waals surface area contributed by atoms with E-state index in [1.165, 1.54) is 6.33 Å². The number of nitrogens with zero attached hydrogens (tertiary/aromatic N) is 6. The third-order valence-corrected chi connectivity index (χ3v) is 7.41. The van der Waals surface area contributed by atoms with E-state index in [4.69, 9.17) is 4.42 Å². The lowest BCUT2D eigenvalue weighted by Gasteiger charge is -2.35. The molecule has 3 fully saturated rings. The Labute approximate surface area is 189 Å². The number of furan rings is 1. The van der Waals surface area contributed by atoms with Crippen molar-refractivity contribution in [3.8, 4) is 0 Å². The molecule has 3 unspecified atom stereocenters. The van der Waals surface area contributed by atoms with E-state index in [0.29, 0.717) is 30.4 Å². The number of pyridine rings is 1. The fourth-order valence-corrected chi connectivity index (χ4v) is 5.29. The van der Waals surface area contributed by atoms with E-state index < -0.39 is 0 Å². The average molecular weight is 451 g/mol. The highest BCUT2D eigenvalue weighted by Gasteiger charge is 2.55. The highest BCUT2D eigenvalue weighted by molar-refractivity contribution is 5.95. The van der Waals surface area contributed by atoms with Gasteiger partial charge in [0.2, 0.25) is 5.91 Å². The van der Waals surface area contributed by atoms with Crippen LogP contribution >= 0.6 is 0 Å². The minimum Gasteiger partial charge on any atom is -0.449 e. The van der Waals surface area contributed by atoms with Gasteiger partial charge in [-0.1, -0.05) is 0 Å². The number of amides is 2. The maximum Gasteiger partial charge on any atom is 0.287 e. The van der Waals surface area contributed by atoms with Crippen LogP contribution in [-0.2, 0) is 4.79 Å². The molecular formula is C21H25N9O3. The largest absolute Gasteiger partial charge is 0.449 e. The molecule has 0 bridgehead atoms. The van der Waals surface area contributed by atoms with E-state index in [9.17, 15) is 9.59 Å². The molecule has 12 heteroatoms. The number of hydrazine groups is 1. The number of piperidine rings is 1. The predicted molar refractivity (Wildman–Crippen MR) is 114 cm³/mol. The molecule has 2 saturated heterocycles. The van der Waals surface area contributed by atoms with Gasteiger partial charge < -0.3 is 14.6 Å². The molecule has 2 amide bonds. The first-order valence-corrected chi connectivity index (χ1v) is 11.2. The van der Waals surface area contributed by atoms with Crippen LogP contribution in [0.2, 0.25) is 0 Å². The topological polar surface area (TPSA) is 143 Å². The summed E-state index contributed by atoms with van der Waals surface area (Å²) in [5, 5.41) is 15.2. The second-order valence-corrected chi connectivity index (χ2v) is 9.19. The first kappa shape index (κ1) is 20.2. The predicted octanol–water partition coefficient (Wildman–Crippen LogP) is 0.0956. The van der Waals surface area contributed by atoms with Crippen molar-refractivity contribution in [2.24, 2.45) is 17.3 Å². The maximum absolute atomic E-state index is 13.2. The number of hydrogen-bond acceptors (Lipinski definition) is 9. The number of aromatic nitrogens is 5. The number of hydrogen-bond donors (Lipinski definition) is 3. The Bertz CT molecular complexity index is 1140. The Morgan fingerprint density at radius 3 is 2.97 bits per heavy atom. The summed E-state index contributed by atoms with van der Waals surface area (Å²) < 4.78 is 7.18. The number of carbonyl (C=O) groups is 2. The molecule has 3 aromatic rings. The molecule has 1 aliphatic carbocycles. The molecule has 5 heterocycles. The molecule has 1 spiro atoms. The van der Waals surface area contributed by atoms with Gasteiger partial charge in [-0.15, -0.1) is 5.10 Å². The minimum absolute atomic E-state index is 0.118. The Morgan fingerprint density at radius 1 is 1.30 bits per heavy atom. The van der Waals surface area contributed by atoms with Crippen LogP contribution in [0.15, 0.2) is 35.3 Å². The number of fused-ring (bicyclic) bond motifs is 1. The van der Waals surface area contributed by atoms with Gasteiger partial charge in [-0.25, -0.2) is 10.1 Å². The van der Waals surface area contributed by atoms with Crippen molar-refractivity contribution in [1.82, 2.24) is 46.3 Å². The molecule has 12 nitrogen and oxygen atoms in total. The van der Waals surface area contributed by atoms with Crippen molar-refractivity contribution in [3.63, 3.8) is 0 Å². The number of carbonyl (C=O) groups excluding carboxylic acids is 2. The normalized spacial score (nSPS) is 26.1. The van der Waals surface area contributed by atoms with Crippen LogP contribution in [0.25, 0.3) is 11.0 Å². The van der Waals surface area contributed by atoms with Crippen LogP contribution in [0.5, 0.6) is 0 Å². The minimum atomic E-state index is -0.290. The van der Waals surface area contributed by atoms with Crippen LogP contribution in [0.4, 0.5) is 0 Å². The number of rotatable bonds is 5. The second kappa shape index (κ2) is 7.89. The van der Waals surface area contributed by atoms with Gasteiger partial charge in [0, 0.05) is 37.8 Å². The lowest BCUT2D eigenvalue weighted by molar-refractivity contribution is -0.138. The second-order valence-electron chi connectivity index (χ2n) is 9.19. The van der Waals surface area contributed by atoms with E-state index in [1.807, 2.05) is 11.0 Å². The summed E-state index contributed by atoms with van der Waals surface area (Å²) in [7, 11) is 0. The van der Waals surface area contributed by atoms with Crippen molar-refractivity contribution in [1.29, 1.82) is 0 Å². The van der Waals surface area contributed by atoms with Crippen LogP contribution < -0.4 is 16.2 Å². The van der Waals surface area contributed by atoms with E-state index in [1.54, 1.807) is 23.1 Å². The van der Waals surface area contributed by atoms with Gasteiger partial charge in [0.05, 0.1) is 12.1 Å². The summed E-state index contributed by atoms with van der Waals surface area (Å²) in [6.45, 7) is 2.63. The summed E-state index contributed by atoms with van der Waals surface area (Å²) in [6, 6.07) is 3.57. The number of tetrazole rings is 1. The van der Waals surface area contributed by atoms with E-state index in [0.717, 1.165) is 37.7 Å². The van der Waals surface area contributed by atoms with Crippen LogP contribution in [-0.4, -0.2) is 68.1 Å². The highest BCUT2D eigenvalue weighted by atomic mass is 16.3. The molecule has 6 rings (SSSR count). The Balaban J connectivity index is 1.01. The molecule has 0 aromatic carbocycles. The lowest BCUT2D eigenvalue weighted by atomic mass is 9.90. The standard InChI is InChI=1S/C21H25N9O3/c31-19(16-7-13-1-4-22-11-17(13)33-16)23-9-14-8-21(14)2-5-29(6-3-21)20(32)15-10-24-26-18(15)30-12-25-27-28-30/h1,4,7,11-12,14-15,18,24,26H,2-3,5-6,8-10H2,(H,23,31). The fraction of sp³-hybridized carbons (Fsp3) is 0.524. The van der Waals surface area contributed by atoms with Gasteiger partial charge in [-0.2, -0.15) is 0 Å². The molecule has 1 saturated carbocycles. The summed E-state index contributed by atoms with van der Waals surface area (Å²) in [4.78, 5) is 31.7. The average Bonchev–Trinajstić information content (AvgIpc) is 3.37. The maximum atomic E-state index is 13.2. The van der Waals surface area contributed by atoms with Crippen molar-refractivity contribution >= 4 is 22.8 Å². The summed E-state index contributed by atoms with van der Waals surface area (Å²) in [5.74, 6) is 0.414. The van der Waals surface area contributed by atoms with Gasteiger partial charge >= 0.3 is 0 Å². The third kappa shape index (κ3) is 3.64. The molecule has 172 valence electrons. The molecule has 2 aliphatic heterocycles. The molecule has 3 N–H and O–H groups in total. The van der Waals surface area contributed by atoms with E-state index >= 15 is 0 Å². The Morgan fingerprint density at radius 2 is 2.18 bits per heavy atom. The zero-order chi connectivity index (χ0) is 22.4. The molecule has 0 radical (unpaired) electrons. The Kier molecular flexibility index (Phi) is 4.84. The van der Waals surface area contributed by atoms with Crippen molar-refractivity contribution in [2.75, 3.05) is 26.2 Å². The third-order valence-electron chi connectivity index (χ3n) is 7.41. The molecule has 3 aliphatic rings. The van der Waals surface area contributed by atoms with Crippen molar-refractivity contribution in [3.05, 3.63) is 36.6 Å². The molecule has 3 aromatic heterocycles. The quantitative estimate of drug-likeness (QED) is 0.492. The summed E-state index contributed by atoms with van der Waals surface area (Å²) in [5.41, 5.74) is 6.97. The van der Waals surface area contributed by atoms with Crippen LogP contribution in [0.3, 0.4) is 0 Å². The van der Waals surface area contributed by atoms with Gasteiger partial charge in [0.25, 0.3) is 5.91 Å². The van der Waals surface area contributed by atoms with Crippen LogP contribution in [0.1, 0.15) is 36.0 Å².